The van der Waals surface area contributed by atoms with Gasteiger partial charge in [0, 0.05) is 23.7 Å². The van der Waals surface area contributed by atoms with Crippen molar-refractivity contribution < 1.29 is 4.79 Å². The van der Waals surface area contributed by atoms with E-state index in [4.69, 9.17) is 5.73 Å². The summed E-state index contributed by atoms with van der Waals surface area (Å²) in [6.45, 7) is 0. The number of nitrogen functional groups attached to an aromatic ring is 1. The molecule has 2 aromatic heterocycles. The van der Waals surface area contributed by atoms with Crippen molar-refractivity contribution in [2.24, 2.45) is 0 Å². The molecular formula is C12H12N3OS. The first-order valence-electron chi connectivity index (χ1n) is 5.24. The lowest BCUT2D eigenvalue weighted by Crippen LogP contribution is -2.01. The van der Waals surface area contributed by atoms with E-state index < -0.39 is 0 Å². The van der Waals surface area contributed by atoms with Gasteiger partial charge in [0.15, 0.2) is 10.8 Å². The van der Waals surface area contributed by atoms with Crippen LogP contribution >= 0.6 is 11.3 Å². The maximum Gasteiger partial charge on any atom is 0.195 e. The highest BCUT2D eigenvalue weighted by atomic mass is 32.1. The topological polar surface area (TPSA) is 68.9 Å². The van der Waals surface area contributed by atoms with Gasteiger partial charge in [0.2, 0.25) is 0 Å². The molecule has 0 amide bonds. The molecule has 2 N–H and O–H groups in total. The molecule has 1 radical (unpaired) electrons. The van der Waals surface area contributed by atoms with Crippen LogP contribution in [0.1, 0.15) is 21.9 Å². The predicted octanol–water partition coefficient (Wildman–Crippen LogP) is 2.14. The van der Waals surface area contributed by atoms with Crippen LogP contribution in [0.4, 0.5) is 5.82 Å². The first-order valence-corrected chi connectivity index (χ1v) is 6.12. The highest BCUT2D eigenvalue weighted by Gasteiger charge is 2.08. The third kappa shape index (κ3) is 3.35. The number of hydrogen-bond donors (Lipinski definition) is 1. The van der Waals surface area contributed by atoms with Crippen molar-refractivity contribution in [2.45, 2.75) is 12.8 Å². The SMILES string of the molecule is Nc1cccc(CC[CH]C(=O)c2nccs2)n1. The molecule has 17 heavy (non-hydrogen) atoms. The largest absolute Gasteiger partial charge is 0.384 e. The quantitative estimate of drug-likeness (QED) is 0.821. The number of ketones is 1. The fourth-order valence-electron chi connectivity index (χ4n) is 1.42. The summed E-state index contributed by atoms with van der Waals surface area (Å²) in [5.41, 5.74) is 6.47. The predicted molar refractivity (Wildman–Crippen MR) is 67.7 cm³/mol. The van der Waals surface area contributed by atoms with Crippen LogP contribution in [0, 0.1) is 6.42 Å². The molecular weight excluding hydrogens is 234 g/mol. The zero-order valence-electron chi connectivity index (χ0n) is 9.17. The summed E-state index contributed by atoms with van der Waals surface area (Å²) in [7, 11) is 0. The second-order valence-corrected chi connectivity index (χ2v) is 4.39. The van der Waals surface area contributed by atoms with Gasteiger partial charge in [-0.1, -0.05) is 6.07 Å². The van der Waals surface area contributed by atoms with E-state index in [1.165, 1.54) is 11.3 Å². The Hall–Kier alpha value is -1.75. The molecule has 0 saturated carbocycles. The molecule has 0 bridgehead atoms. The van der Waals surface area contributed by atoms with E-state index in [0.29, 0.717) is 23.7 Å². The van der Waals surface area contributed by atoms with Crippen LogP contribution in [0.15, 0.2) is 29.8 Å². The van der Waals surface area contributed by atoms with E-state index in [2.05, 4.69) is 9.97 Å². The number of Topliss-reactive ketones (excluding diaryl/α,β-unsaturated/α-hetero) is 1. The molecule has 2 aromatic rings. The maximum absolute atomic E-state index is 11.6. The first kappa shape index (κ1) is 11.7. The minimum Gasteiger partial charge on any atom is -0.384 e. The van der Waals surface area contributed by atoms with Crippen molar-refractivity contribution >= 4 is 22.9 Å². The third-order valence-corrected chi connectivity index (χ3v) is 2.99. The van der Waals surface area contributed by atoms with Gasteiger partial charge in [0.05, 0.1) is 0 Å². The van der Waals surface area contributed by atoms with Crippen LogP contribution in [-0.4, -0.2) is 15.8 Å². The first-order chi connectivity index (χ1) is 8.25. The summed E-state index contributed by atoms with van der Waals surface area (Å²) in [6, 6.07) is 5.51. The molecule has 2 heterocycles. The number of nitrogens with two attached hydrogens (primary N) is 1. The molecule has 0 atom stereocenters. The number of aryl methyl sites for hydroxylation is 1. The van der Waals surface area contributed by atoms with Crippen LogP contribution in [-0.2, 0) is 6.42 Å². The number of thiazole rings is 1. The lowest BCUT2D eigenvalue weighted by atomic mass is 10.1. The van der Waals surface area contributed by atoms with Crippen LogP contribution in [0.3, 0.4) is 0 Å². The van der Waals surface area contributed by atoms with Crippen molar-refractivity contribution in [3.05, 3.63) is 46.9 Å². The van der Waals surface area contributed by atoms with Gasteiger partial charge in [0.25, 0.3) is 0 Å². The standard InChI is InChI=1S/C12H12N3OS/c13-11-6-2-4-9(15-11)3-1-5-10(16)12-14-7-8-17-12/h2,4-8H,1,3H2,(H2,13,15). The molecule has 0 aliphatic heterocycles. The number of hydrogen-bond acceptors (Lipinski definition) is 5. The molecule has 4 nitrogen and oxygen atoms in total. The van der Waals surface area contributed by atoms with E-state index in [0.717, 1.165) is 5.69 Å². The third-order valence-electron chi connectivity index (χ3n) is 2.20. The molecule has 0 aliphatic carbocycles. The number of aromatic nitrogens is 2. The van der Waals surface area contributed by atoms with Crippen molar-refractivity contribution in [1.29, 1.82) is 0 Å². The second-order valence-electron chi connectivity index (χ2n) is 3.50. The average Bonchev–Trinajstić information content (AvgIpc) is 2.82. The van der Waals surface area contributed by atoms with Gasteiger partial charge in [-0.15, -0.1) is 11.3 Å². The number of carbonyl (C=O) groups is 1. The van der Waals surface area contributed by atoms with Gasteiger partial charge in [0.1, 0.15) is 5.82 Å². The van der Waals surface area contributed by atoms with E-state index in [-0.39, 0.29) is 5.78 Å². The minimum absolute atomic E-state index is 0.0242. The van der Waals surface area contributed by atoms with Gasteiger partial charge in [-0.3, -0.25) is 4.79 Å². The van der Waals surface area contributed by atoms with Gasteiger partial charge >= 0.3 is 0 Å². The van der Waals surface area contributed by atoms with E-state index >= 15 is 0 Å². The monoisotopic (exact) mass is 246 g/mol. The van der Waals surface area contributed by atoms with Gasteiger partial charge in [-0.25, -0.2) is 9.97 Å². The Balaban J connectivity index is 1.82. The van der Waals surface area contributed by atoms with Crippen molar-refractivity contribution in [3.8, 4) is 0 Å². The molecule has 0 aromatic carbocycles. The molecule has 0 saturated heterocycles. The van der Waals surface area contributed by atoms with E-state index in [9.17, 15) is 4.79 Å². The van der Waals surface area contributed by atoms with Crippen LogP contribution in [0.5, 0.6) is 0 Å². The van der Waals surface area contributed by atoms with E-state index in [1.54, 1.807) is 24.1 Å². The van der Waals surface area contributed by atoms with Crippen molar-refractivity contribution in [1.82, 2.24) is 9.97 Å². The van der Waals surface area contributed by atoms with Crippen molar-refractivity contribution in [2.75, 3.05) is 5.73 Å². The lowest BCUT2D eigenvalue weighted by Gasteiger charge is -2.00. The lowest BCUT2D eigenvalue weighted by molar-refractivity contribution is 0.102. The summed E-state index contributed by atoms with van der Waals surface area (Å²) in [5, 5.41) is 2.33. The summed E-state index contributed by atoms with van der Waals surface area (Å²) >= 11 is 1.35. The van der Waals surface area contributed by atoms with Crippen LogP contribution < -0.4 is 5.73 Å². The Kier molecular flexibility index (Phi) is 3.82. The van der Waals surface area contributed by atoms with Gasteiger partial charge < -0.3 is 5.73 Å². The number of anilines is 1. The number of pyridine rings is 1. The van der Waals surface area contributed by atoms with Crippen molar-refractivity contribution in [3.63, 3.8) is 0 Å². The maximum atomic E-state index is 11.6. The Morgan fingerprint density at radius 1 is 1.47 bits per heavy atom. The summed E-state index contributed by atoms with van der Waals surface area (Å²) in [5.74, 6) is 0.484. The fourth-order valence-corrected chi connectivity index (χ4v) is 1.99. The molecule has 87 valence electrons. The zero-order chi connectivity index (χ0) is 12.1. The average molecular weight is 246 g/mol. The highest BCUT2D eigenvalue weighted by Crippen LogP contribution is 2.10. The Morgan fingerprint density at radius 2 is 2.35 bits per heavy atom. The number of nitrogens with zero attached hydrogens (tertiary/aromatic N) is 2. The number of carbonyl (C=O) groups excluding carboxylic acids is 1. The minimum atomic E-state index is -0.0242. The van der Waals surface area contributed by atoms with E-state index in [1.807, 2.05) is 12.1 Å². The Bertz CT molecular complexity index is 496. The van der Waals surface area contributed by atoms with Gasteiger partial charge in [-0.05, 0) is 25.0 Å². The summed E-state index contributed by atoms with van der Waals surface area (Å²) in [4.78, 5) is 19.7. The smallest absolute Gasteiger partial charge is 0.195 e. The van der Waals surface area contributed by atoms with Gasteiger partial charge in [-0.2, -0.15) is 0 Å². The molecule has 0 spiro atoms. The second kappa shape index (κ2) is 5.54. The zero-order valence-corrected chi connectivity index (χ0v) is 9.98. The van der Waals surface area contributed by atoms with Crippen LogP contribution in [0.25, 0.3) is 0 Å². The number of rotatable bonds is 5. The summed E-state index contributed by atoms with van der Waals surface area (Å²) < 4.78 is 0. The fraction of sp³-hybridized carbons (Fsp3) is 0.167. The highest BCUT2D eigenvalue weighted by molar-refractivity contribution is 7.11. The Labute approximate surface area is 104 Å². The van der Waals surface area contributed by atoms with Crippen LogP contribution in [0.2, 0.25) is 0 Å². The molecule has 0 fully saturated rings. The summed E-state index contributed by atoms with van der Waals surface area (Å²) in [6.07, 6.45) is 4.63. The normalized spacial score (nSPS) is 10.4. The molecule has 5 heteroatoms. The molecule has 2 rings (SSSR count). The molecule has 0 aliphatic rings. The Morgan fingerprint density at radius 3 is 3.06 bits per heavy atom. The molecule has 0 unspecified atom stereocenters.